The van der Waals surface area contributed by atoms with Crippen LogP contribution < -0.4 is 4.74 Å². The first kappa shape index (κ1) is 14.6. The maximum Gasteiger partial charge on any atom is 0.271 e. The van der Waals surface area contributed by atoms with Gasteiger partial charge in [0.15, 0.2) is 0 Å². The van der Waals surface area contributed by atoms with E-state index in [0.29, 0.717) is 16.3 Å². The van der Waals surface area contributed by atoms with Gasteiger partial charge in [-0.2, -0.15) is 0 Å². The molecule has 0 bridgehead atoms. The highest BCUT2D eigenvalue weighted by molar-refractivity contribution is 6.32. The number of nitrogens with zero attached hydrogens (tertiary/aromatic N) is 1. The Morgan fingerprint density at radius 3 is 2.50 bits per heavy atom. The third-order valence-electron chi connectivity index (χ3n) is 2.58. The summed E-state index contributed by atoms with van der Waals surface area (Å²) in [6.07, 6.45) is 0. The molecular weight excluding hydrogens is 305 g/mol. The Bertz CT molecular complexity index is 661. The molecule has 0 spiro atoms. The van der Waals surface area contributed by atoms with Crippen LogP contribution >= 0.6 is 23.2 Å². The zero-order chi connectivity index (χ0) is 14.7. The van der Waals surface area contributed by atoms with Crippen LogP contribution in [-0.2, 0) is 6.61 Å². The molecule has 0 aliphatic rings. The van der Waals surface area contributed by atoms with Crippen molar-refractivity contribution >= 4 is 28.9 Å². The summed E-state index contributed by atoms with van der Waals surface area (Å²) in [7, 11) is 0. The molecular formula is C13H9Cl2NO4. The molecule has 2 aromatic carbocycles. The second-order valence-corrected chi connectivity index (χ2v) is 4.66. The fourth-order valence-electron chi connectivity index (χ4n) is 1.59. The van der Waals surface area contributed by atoms with Crippen LogP contribution in [0.3, 0.4) is 0 Å². The summed E-state index contributed by atoms with van der Waals surface area (Å²) < 4.78 is 5.55. The van der Waals surface area contributed by atoms with Crippen LogP contribution in [-0.4, -0.2) is 10.0 Å². The highest BCUT2D eigenvalue weighted by Gasteiger charge is 2.13. The number of nitro groups is 1. The van der Waals surface area contributed by atoms with Crippen LogP contribution in [0.1, 0.15) is 5.56 Å². The molecule has 0 saturated heterocycles. The second-order valence-electron chi connectivity index (χ2n) is 3.85. The summed E-state index contributed by atoms with van der Waals surface area (Å²) in [4.78, 5) is 10.1. The lowest BCUT2D eigenvalue weighted by atomic mass is 10.2. The van der Waals surface area contributed by atoms with E-state index in [1.807, 2.05) is 0 Å². The van der Waals surface area contributed by atoms with E-state index in [9.17, 15) is 15.2 Å². The highest BCUT2D eigenvalue weighted by atomic mass is 35.5. The third-order valence-corrected chi connectivity index (χ3v) is 3.23. The van der Waals surface area contributed by atoms with E-state index >= 15 is 0 Å². The van der Waals surface area contributed by atoms with Crippen molar-refractivity contribution < 1.29 is 14.8 Å². The molecule has 0 unspecified atom stereocenters. The Morgan fingerprint density at radius 2 is 1.90 bits per heavy atom. The monoisotopic (exact) mass is 313 g/mol. The molecule has 2 aromatic rings. The molecule has 0 fully saturated rings. The fourth-order valence-corrected chi connectivity index (χ4v) is 2.03. The van der Waals surface area contributed by atoms with E-state index in [1.54, 1.807) is 18.2 Å². The zero-order valence-corrected chi connectivity index (χ0v) is 11.6. The number of hydrogen-bond donors (Lipinski definition) is 1. The number of nitro benzene ring substituents is 1. The van der Waals surface area contributed by atoms with E-state index in [0.717, 1.165) is 0 Å². The number of aliphatic hydroxyl groups is 1. The molecule has 0 aliphatic heterocycles. The van der Waals surface area contributed by atoms with Crippen molar-refractivity contribution in [1.82, 2.24) is 0 Å². The Morgan fingerprint density at radius 1 is 1.15 bits per heavy atom. The SMILES string of the molecule is O=[N+]([O-])c1ccc(Oc2cccc(Cl)c2CO)c(Cl)c1. The lowest BCUT2D eigenvalue weighted by Crippen LogP contribution is -1.94. The van der Waals surface area contributed by atoms with Gasteiger partial charge in [0, 0.05) is 22.7 Å². The number of halogens is 2. The van der Waals surface area contributed by atoms with Crippen molar-refractivity contribution in [2.45, 2.75) is 6.61 Å². The van der Waals surface area contributed by atoms with Gasteiger partial charge in [-0.15, -0.1) is 0 Å². The average molecular weight is 314 g/mol. The molecule has 0 radical (unpaired) electrons. The third kappa shape index (κ3) is 3.01. The summed E-state index contributed by atoms with van der Waals surface area (Å²) in [5.74, 6) is 0.588. The lowest BCUT2D eigenvalue weighted by molar-refractivity contribution is -0.384. The molecule has 104 valence electrons. The first-order chi connectivity index (χ1) is 9.52. The first-order valence-electron chi connectivity index (χ1n) is 5.53. The summed E-state index contributed by atoms with van der Waals surface area (Å²) in [5, 5.41) is 20.4. The largest absolute Gasteiger partial charge is 0.455 e. The van der Waals surface area contributed by atoms with E-state index in [2.05, 4.69) is 0 Å². The summed E-state index contributed by atoms with van der Waals surface area (Å²) in [5.41, 5.74) is 0.291. The minimum Gasteiger partial charge on any atom is -0.455 e. The smallest absolute Gasteiger partial charge is 0.271 e. The predicted molar refractivity (Wildman–Crippen MR) is 75.6 cm³/mol. The van der Waals surface area contributed by atoms with Gasteiger partial charge >= 0.3 is 0 Å². The van der Waals surface area contributed by atoms with Crippen LogP contribution in [0.25, 0.3) is 0 Å². The highest BCUT2D eigenvalue weighted by Crippen LogP contribution is 2.35. The summed E-state index contributed by atoms with van der Waals surface area (Å²) in [6, 6.07) is 8.77. The number of rotatable bonds is 4. The van der Waals surface area contributed by atoms with Crippen molar-refractivity contribution in [2.75, 3.05) is 0 Å². The van der Waals surface area contributed by atoms with E-state index in [1.165, 1.54) is 18.2 Å². The minimum atomic E-state index is -0.547. The van der Waals surface area contributed by atoms with Gasteiger partial charge in [-0.3, -0.25) is 10.1 Å². The maximum atomic E-state index is 10.6. The van der Waals surface area contributed by atoms with Crippen LogP contribution in [0.15, 0.2) is 36.4 Å². The van der Waals surface area contributed by atoms with Crippen molar-refractivity contribution in [2.24, 2.45) is 0 Å². The first-order valence-corrected chi connectivity index (χ1v) is 6.28. The van der Waals surface area contributed by atoms with Crippen molar-refractivity contribution in [3.05, 3.63) is 62.1 Å². The van der Waals surface area contributed by atoms with E-state index in [4.69, 9.17) is 27.9 Å². The standard InChI is InChI=1S/C13H9Cl2NO4/c14-10-2-1-3-12(9(10)7-17)20-13-5-4-8(16(18)19)6-11(13)15/h1-6,17H,7H2. The van der Waals surface area contributed by atoms with Gasteiger partial charge in [0.2, 0.25) is 0 Å². The number of benzene rings is 2. The van der Waals surface area contributed by atoms with Gasteiger partial charge in [-0.05, 0) is 18.2 Å². The molecule has 0 heterocycles. The van der Waals surface area contributed by atoms with Gasteiger partial charge in [-0.1, -0.05) is 29.3 Å². The number of ether oxygens (including phenoxy) is 1. The number of aliphatic hydroxyl groups excluding tert-OH is 1. The molecule has 0 amide bonds. The summed E-state index contributed by atoms with van der Waals surface area (Å²) in [6.45, 7) is -0.292. The van der Waals surface area contributed by atoms with Crippen LogP contribution in [0.2, 0.25) is 10.0 Å². The van der Waals surface area contributed by atoms with Gasteiger partial charge in [0.05, 0.1) is 16.6 Å². The Balaban J connectivity index is 2.36. The molecule has 7 heteroatoms. The quantitative estimate of drug-likeness (QED) is 0.678. The summed E-state index contributed by atoms with van der Waals surface area (Å²) >= 11 is 11.9. The van der Waals surface area contributed by atoms with Crippen LogP contribution in [0.5, 0.6) is 11.5 Å². The molecule has 1 N–H and O–H groups in total. The molecule has 20 heavy (non-hydrogen) atoms. The predicted octanol–water partition coefficient (Wildman–Crippen LogP) is 4.19. The number of hydrogen-bond acceptors (Lipinski definition) is 4. The molecule has 0 atom stereocenters. The van der Waals surface area contributed by atoms with Crippen molar-refractivity contribution in [3.63, 3.8) is 0 Å². The Hall–Kier alpha value is -1.82. The molecule has 0 saturated carbocycles. The van der Waals surface area contributed by atoms with E-state index in [-0.39, 0.29) is 23.1 Å². The fraction of sp³-hybridized carbons (Fsp3) is 0.0769. The molecule has 5 nitrogen and oxygen atoms in total. The average Bonchev–Trinajstić information content (AvgIpc) is 2.41. The van der Waals surface area contributed by atoms with E-state index < -0.39 is 4.92 Å². The van der Waals surface area contributed by atoms with Crippen LogP contribution in [0, 0.1) is 10.1 Å². The van der Waals surface area contributed by atoms with Gasteiger partial charge in [-0.25, -0.2) is 0 Å². The topological polar surface area (TPSA) is 72.6 Å². The van der Waals surface area contributed by atoms with Gasteiger partial charge in [0.1, 0.15) is 11.5 Å². The maximum absolute atomic E-state index is 10.6. The van der Waals surface area contributed by atoms with Gasteiger partial charge in [0.25, 0.3) is 5.69 Å². The lowest BCUT2D eigenvalue weighted by Gasteiger charge is -2.11. The molecule has 0 aromatic heterocycles. The minimum absolute atomic E-state index is 0.100. The van der Waals surface area contributed by atoms with Crippen molar-refractivity contribution in [1.29, 1.82) is 0 Å². The van der Waals surface area contributed by atoms with Crippen LogP contribution in [0.4, 0.5) is 5.69 Å². The normalized spacial score (nSPS) is 10.3. The molecule has 0 aliphatic carbocycles. The zero-order valence-electron chi connectivity index (χ0n) is 10.0. The van der Waals surface area contributed by atoms with Gasteiger partial charge < -0.3 is 9.84 Å². The molecule has 2 rings (SSSR count). The Labute approximate surface area is 124 Å². The Kier molecular flexibility index (Phi) is 4.44. The van der Waals surface area contributed by atoms with Crippen molar-refractivity contribution in [3.8, 4) is 11.5 Å². The second kappa shape index (κ2) is 6.09. The number of non-ortho nitro benzene ring substituents is 1.